The highest BCUT2D eigenvalue weighted by molar-refractivity contribution is 7.16. The molecule has 0 unspecified atom stereocenters. The molecule has 0 aliphatic heterocycles. The van der Waals surface area contributed by atoms with Gasteiger partial charge < -0.3 is 38.9 Å². The summed E-state index contributed by atoms with van der Waals surface area (Å²) in [6.45, 7) is 0. The molecule has 0 amide bonds. The fraction of sp³-hybridized carbons (Fsp3) is 0. The molecule has 30 nitrogen and oxygen atoms in total. The predicted octanol–water partition coefficient (Wildman–Crippen LogP) is 17.9. The van der Waals surface area contributed by atoms with Crippen molar-refractivity contribution in [2.45, 2.75) is 0 Å². The number of aromatic nitrogens is 10. The lowest BCUT2D eigenvalue weighted by Crippen LogP contribution is -1.97. The molecule has 120 heavy (non-hydrogen) atoms. The van der Waals surface area contributed by atoms with Crippen molar-refractivity contribution in [3.05, 3.63) is 292 Å². The first-order valence-corrected chi connectivity index (χ1v) is 36.5. The van der Waals surface area contributed by atoms with Gasteiger partial charge in [0.2, 0.25) is 17.7 Å². The van der Waals surface area contributed by atoms with Crippen LogP contribution in [0.15, 0.2) is 287 Å². The van der Waals surface area contributed by atoms with Crippen molar-refractivity contribution < 1.29 is 72.1 Å². The van der Waals surface area contributed by atoms with Crippen LogP contribution in [0.2, 0.25) is 0 Å². The van der Waals surface area contributed by atoms with Crippen molar-refractivity contribution in [3.8, 4) is 109 Å². The molecular formula is C88H49N15O15S2. The Morgan fingerprint density at radius 1 is 0.308 bits per heavy atom. The van der Waals surface area contributed by atoms with Crippen molar-refractivity contribution in [3.63, 3.8) is 0 Å². The monoisotopic (exact) mass is 1620 g/mol. The van der Waals surface area contributed by atoms with Gasteiger partial charge in [-0.05, 0) is 166 Å². The quantitative estimate of drug-likeness (QED) is 0.0417. The summed E-state index contributed by atoms with van der Waals surface area (Å²) in [6, 6.07) is 83.5. The number of benzene rings is 10. The molecule has 5 N–H and O–H groups in total. The maximum atomic E-state index is 11.0. The third-order valence-electron chi connectivity index (χ3n) is 17.2. The van der Waals surface area contributed by atoms with Gasteiger partial charge in [0, 0.05) is 49.7 Å². The van der Waals surface area contributed by atoms with E-state index in [0.717, 1.165) is 105 Å². The number of carboxylic acids is 5. The molecule has 10 aromatic carbocycles. The van der Waals surface area contributed by atoms with E-state index in [1.807, 2.05) is 212 Å². The summed E-state index contributed by atoms with van der Waals surface area (Å²) in [5.41, 5.74) is 3.64. The molecule has 0 aliphatic rings. The second-order valence-corrected chi connectivity index (χ2v) is 27.1. The van der Waals surface area contributed by atoms with Gasteiger partial charge in [-0.25, -0.2) is 33.2 Å². The molecule has 0 spiro atoms. The van der Waals surface area contributed by atoms with Gasteiger partial charge in [0.15, 0.2) is 11.5 Å². The Hall–Kier alpha value is -17.9. The minimum atomic E-state index is -1.34. The van der Waals surface area contributed by atoms with Gasteiger partial charge in [0.1, 0.15) is 75.3 Å². The first kappa shape index (κ1) is 80.2. The van der Waals surface area contributed by atoms with Crippen LogP contribution in [0.1, 0.15) is 27.2 Å². The summed E-state index contributed by atoms with van der Waals surface area (Å²) >= 11 is 2.58. The highest BCUT2D eigenvalue weighted by Gasteiger charge is 2.21. The van der Waals surface area contributed by atoms with E-state index >= 15 is 0 Å². The lowest BCUT2D eigenvalue weighted by Gasteiger charge is -2.01. The van der Waals surface area contributed by atoms with Gasteiger partial charge in [0.25, 0.3) is 11.8 Å². The van der Waals surface area contributed by atoms with Gasteiger partial charge in [0.05, 0.1) is 9.75 Å². The maximum Gasteiger partial charge on any atom is 0.346 e. The Morgan fingerprint density at radius 2 is 0.650 bits per heavy atom. The SMILES string of the molecule is N#C/C(=C/c1ccc(-c2nnc(-c3ccc4ccccc4c3)o2)s1)C(=O)O.N#C/C(=C/c1nnc(-c2ccc3ccccc3c2)o1)C(=O)O.N#C/C(=C\c1ccc(-c2nonc2-c2ccc3ccccc3c2)s1)C(=O)O.N#C/C(=C\c1noc(-c2ccc3ccccc3c2)n1)C(=O)O.N#C/C(=C\c1nonc1-c1ccc2ccccc2c1)C(=O)O. The van der Waals surface area contributed by atoms with Crippen molar-refractivity contribution in [1.29, 1.82) is 26.3 Å². The first-order chi connectivity index (χ1) is 58.3. The number of fused-ring (bicyclic) bond motifs is 5. The molecule has 0 atom stereocenters. The predicted molar refractivity (Wildman–Crippen MR) is 439 cm³/mol. The average molecular weight is 1620 g/mol. The third kappa shape index (κ3) is 19.4. The summed E-state index contributed by atoms with van der Waals surface area (Å²) in [5.74, 6) is -5.22. The van der Waals surface area contributed by atoms with Crippen LogP contribution >= 0.6 is 22.7 Å². The van der Waals surface area contributed by atoms with Gasteiger partial charge in [-0.1, -0.05) is 169 Å². The number of carbonyl (C=O) groups is 5. The lowest BCUT2D eigenvalue weighted by atomic mass is 10.0. The van der Waals surface area contributed by atoms with Crippen molar-refractivity contribution in [2.75, 3.05) is 0 Å². The molecule has 17 rings (SSSR count). The molecule has 578 valence electrons. The Balaban J connectivity index is 0.000000130. The average Bonchev–Trinajstić information content (AvgIpc) is 1.63. The number of rotatable bonds is 17. The summed E-state index contributed by atoms with van der Waals surface area (Å²) < 4.78 is 25.9. The lowest BCUT2D eigenvalue weighted by molar-refractivity contribution is -0.133. The zero-order valence-electron chi connectivity index (χ0n) is 61.2. The van der Waals surface area contributed by atoms with Gasteiger partial charge >= 0.3 is 29.8 Å². The molecule has 0 saturated carbocycles. The van der Waals surface area contributed by atoms with Crippen LogP contribution in [0, 0.1) is 56.7 Å². The summed E-state index contributed by atoms with van der Waals surface area (Å²) in [4.78, 5) is 61.2. The first-order valence-electron chi connectivity index (χ1n) is 34.9. The minimum Gasteiger partial charge on any atom is -0.477 e. The van der Waals surface area contributed by atoms with E-state index in [-0.39, 0.29) is 40.3 Å². The molecule has 17 aromatic rings. The van der Waals surface area contributed by atoms with Crippen LogP contribution in [-0.2, 0) is 24.0 Å². The molecule has 7 heterocycles. The van der Waals surface area contributed by atoms with Crippen LogP contribution in [0.5, 0.6) is 0 Å². The van der Waals surface area contributed by atoms with E-state index in [9.17, 15) is 24.0 Å². The highest BCUT2D eigenvalue weighted by Crippen LogP contribution is 2.37. The molecule has 0 bridgehead atoms. The second-order valence-electron chi connectivity index (χ2n) is 24.9. The molecule has 0 aliphatic carbocycles. The Kier molecular flexibility index (Phi) is 24.8. The fourth-order valence-electron chi connectivity index (χ4n) is 11.4. The van der Waals surface area contributed by atoms with E-state index < -0.39 is 46.6 Å². The minimum absolute atomic E-state index is 0.0258. The van der Waals surface area contributed by atoms with E-state index in [1.54, 1.807) is 54.6 Å². The van der Waals surface area contributed by atoms with E-state index in [1.165, 1.54) is 34.8 Å². The van der Waals surface area contributed by atoms with Gasteiger partial charge in [-0.15, -0.1) is 43.1 Å². The number of aliphatic carboxylic acids is 5. The number of hydrogen-bond donors (Lipinski definition) is 5. The summed E-state index contributed by atoms with van der Waals surface area (Å²) in [7, 11) is 0. The standard InChI is InChI=1S/2C20H11N3O3S.3C16H9N3O3/c21-11-15(20(24)25)10-16-7-8-17(27-16)19-23-22-18(26-19)14-6-5-12-3-1-2-4-13(12)9-14;21-11-15(20(24)25)10-16-7-8-17(27-16)19-18(22-26-23-19)14-6-5-12-3-1-2-4-13(12)9-14;17-9-13(16(20)21)8-14-18-19-15(22-14)12-6-5-10-3-1-2-4-11(10)7-12;17-9-13(16(20)21)8-14-18-15(22-19-14)12-6-5-10-3-1-2-4-11(10)7-12;17-9-13(16(20)21)8-14-15(19-22-18-14)12-6-5-10-3-1-2-4-11(10)7-12/h2*1-10H,(H,24,25);3*1-8H,(H,20,21)/b15-10-;15-10+;13-8-;2*13-8+. The largest absolute Gasteiger partial charge is 0.477 e. The molecule has 32 heteroatoms. The normalized spacial score (nSPS) is 11.4. The van der Waals surface area contributed by atoms with Gasteiger partial charge in [-0.3, -0.25) is 0 Å². The molecule has 0 radical (unpaired) electrons. The summed E-state index contributed by atoms with van der Waals surface area (Å²) in [5, 5.41) is 134. The van der Waals surface area contributed by atoms with Crippen molar-refractivity contribution in [1.82, 2.24) is 51.2 Å². The molecule has 0 fully saturated rings. The number of hydrogen-bond acceptors (Lipinski definition) is 27. The topological polar surface area (TPSA) is 500 Å². The van der Waals surface area contributed by atoms with Crippen LogP contribution in [0.4, 0.5) is 0 Å². The van der Waals surface area contributed by atoms with E-state index in [2.05, 4.69) is 51.2 Å². The van der Waals surface area contributed by atoms with Crippen LogP contribution in [-0.4, -0.2) is 107 Å². The smallest absolute Gasteiger partial charge is 0.346 e. The molecular weight excluding hydrogens is 1570 g/mol. The van der Waals surface area contributed by atoms with Crippen molar-refractivity contribution in [2.24, 2.45) is 0 Å². The zero-order chi connectivity index (χ0) is 84.2. The number of nitrogens with zero attached hydrogens (tertiary/aromatic N) is 15. The Labute approximate surface area is 682 Å². The van der Waals surface area contributed by atoms with E-state index in [0.29, 0.717) is 43.5 Å². The number of thiophene rings is 2. The van der Waals surface area contributed by atoms with Crippen LogP contribution in [0.25, 0.3) is 162 Å². The van der Waals surface area contributed by atoms with Crippen molar-refractivity contribution >= 4 is 137 Å². The Bertz CT molecular complexity index is 7090. The number of carboxylic acid groups (broad SMARTS) is 5. The van der Waals surface area contributed by atoms with Crippen LogP contribution < -0.4 is 0 Å². The molecule has 0 saturated heterocycles. The van der Waals surface area contributed by atoms with E-state index in [4.69, 9.17) is 74.5 Å². The zero-order valence-corrected chi connectivity index (χ0v) is 62.9. The number of nitriles is 5. The molecule has 7 aromatic heterocycles. The van der Waals surface area contributed by atoms with Crippen LogP contribution in [0.3, 0.4) is 0 Å². The highest BCUT2D eigenvalue weighted by atomic mass is 32.1. The fourth-order valence-corrected chi connectivity index (χ4v) is 13.2. The third-order valence-corrected chi connectivity index (χ3v) is 19.3. The van der Waals surface area contributed by atoms with Gasteiger partial charge in [-0.2, -0.15) is 31.3 Å². The second kappa shape index (κ2) is 37.2. The Morgan fingerprint density at radius 3 is 1.11 bits per heavy atom. The summed E-state index contributed by atoms with van der Waals surface area (Å²) in [6.07, 6.45) is 5.90. The maximum absolute atomic E-state index is 11.0.